The zero-order chi connectivity index (χ0) is 38.3. The van der Waals surface area contributed by atoms with Gasteiger partial charge in [-0.1, -0.05) is 195 Å². The Balaban J connectivity index is 1.20. The number of aromatic nitrogens is 3. The standard InChI is InChI=1S/C54H39N3/c1-3-19-44-45-28-18-30-47-52(45)57(50(44)4-2)51-31-17-16-29-46(51)54(47,40-24-12-7-13-25-40)41-34-32-39(33-35-41)53-55-48(38-22-10-6-11-23-38)36-49(56-53)43-27-15-14-26-42(43)37-20-8-5-9-21-37/h3-36H,2H2,1H3/b19-3-. The third-order valence-corrected chi connectivity index (χ3v) is 11.4. The van der Waals surface area contributed by atoms with E-state index in [0.717, 1.165) is 50.6 Å². The summed E-state index contributed by atoms with van der Waals surface area (Å²) in [7, 11) is 0. The van der Waals surface area contributed by atoms with Gasteiger partial charge in [0.25, 0.3) is 0 Å². The number of hydrogen-bond acceptors (Lipinski definition) is 2. The number of allylic oxidation sites excluding steroid dienone is 1. The van der Waals surface area contributed by atoms with Crippen molar-refractivity contribution in [1.29, 1.82) is 0 Å². The quantitative estimate of drug-likeness (QED) is 0.156. The number of para-hydroxylation sites is 2. The molecule has 0 saturated heterocycles. The van der Waals surface area contributed by atoms with E-state index >= 15 is 0 Å². The van der Waals surface area contributed by atoms with Crippen LogP contribution in [0.25, 0.3) is 73.8 Å². The highest BCUT2D eigenvalue weighted by molar-refractivity contribution is 6.00. The van der Waals surface area contributed by atoms with Gasteiger partial charge in [0.2, 0.25) is 0 Å². The Labute approximate surface area is 333 Å². The van der Waals surface area contributed by atoms with Crippen molar-refractivity contribution in [3.8, 4) is 50.7 Å². The highest BCUT2D eigenvalue weighted by atomic mass is 15.0. The summed E-state index contributed by atoms with van der Waals surface area (Å²) in [4.78, 5) is 10.5. The Kier molecular flexibility index (Phi) is 8.42. The smallest absolute Gasteiger partial charge is 0.160 e. The van der Waals surface area contributed by atoms with Gasteiger partial charge in [0.15, 0.2) is 5.82 Å². The molecule has 0 aliphatic carbocycles. The van der Waals surface area contributed by atoms with Crippen molar-refractivity contribution in [1.82, 2.24) is 14.5 Å². The molecule has 1 atom stereocenters. The summed E-state index contributed by atoms with van der Waals surface area (Å²) in [6.45, 7) is 6.38. The van der Waals surface area contributed by atoms with Gasteiger partial charge in [-0.3, -0.25) is 0 Å². The number of rotatable bonds is 8. The predicted molar refractivity (Wildman–Crippen MR) is 237 cm³/mol. The van der Waals surface area contributed by atoms with E-state index in [4.69, 9.17) is 9.97 Å². The minimum absolute atomic E-state index is 0.609. The van der Waals surface area contributed by atoms with Gasteiger partial charge in [-0.15, -0.1) is 0 Å². The Morgan fingerprint density at radius 3 is 1.84 bits per heavy atom. The first kappa shape index (κ1) is 34.2. The molecule has 1 unspecified atom stereocenters. The predicted octanol–water partition coefficient (Wildman–Crippen LogP) is 13.5. The first-order valence-corrected chi connectivity index (χ1v) is 19.5. The summed E-state index contributed by atoms with van der Waals surface area (Å²) in [6, 6.07) is 67.1. The van der Waals surface area contributed by atoms with Crippen LogP contribution in [0.2, 0.25) is 0 Å². The summed E-state index contributed by atoms with van der Waals surface area (Å²) in [5, 5.41) is 1.21. The Hall–Kier alpha value is -7.36. The largest absolute Gasteiger partial charge is 0.309 e. The van der Waals surface area contributed by atoms with Crippen molar-refractivity contribution >= 4 is 23.1 Å². The molecule has 1 aliphatic rings. The number of nitrogens with zero attached hydrogens (tertiary/aromatic N) is 3. The number of fused-ring (bicyclic) bond motifs is 2. The fourth-order valence-corrected chi connectivity index (χ4v) is 9.00. The van der Waals surface area contributed by atoms with E-state index in [-0.39, 0.29) is 0 Å². The molecule has 0 spiro atoms. The van der Waals surface area contributed by atoms with Crippen molar-refractivity contribution in [2.24, 2.45) is 0 Å². The maximum absolute atomic E-state index is 5.31. The molecular formula is C54H39N3. The third kappa shape index (κ3) is 5.43. The first-order chi connectivity index (χ1) is 28.2. The van der Waals surface area contributed by atoms with Crippen LogP contribution in [0.1, 0.15) is 40.4 Å². The maximum atomic E-state index is 5.31. The molecule has 3 nitrogen and oxygen atoms in total. The van der Waals surface area contributed by atoms with E-state index in [9.17, 15) is 0 Å². The topological polar surface area (TPSA) is 30.7 Å². The van der Waals surface area contributed by atoms with Gasteiger partial charge in [0.1, 0.15) is 0 Å². The van der Waals surface area contributed by atoms with Gasteiger partial charge < -0.3 is 4.57 Å². The molecule has 57 heavy (non-hydrogen) atoms. The molecule has 10 rings (SSSR count). The second-order valence-electron chi connectivity index (χ2n) is 14.5. The summed E-state index contributed by atoms with van der Waals surface area (Å²) in [5.74, 6) is 0.682. The Morgan fingerprint density at radius 1 is 0.526 bits per heavy atom. The lowest BCUT2D eigenvalue weighted by atomic mass is 9.63. The molecule has 0 amide bonds. The second-order valence-corrected chi connectivity index (χ2v) is 14.5. The third-order valence-electron chi connectivity index (χ3n) is 11.4. The van der Waals surface area contributed by atoms with Crippen LogP contribution < -0.4 is 0 Å². The van der Waals surface area contributed by atoms with E-state index in [0.29, 0.717) is 5.82 Å². The number of benzene rings is 7. The SMILES string of the molecule is C=Cc1c(/C=C\C)c2cccc3c2n1-c1ccccc1C3(c1ccccc1)c1ccc(-c2nc(-c3ccccc3)cc(-c3ccccc3-c3ccccc3)n2)cc1. The molecular weight excluding hydrogens is 691 g/mol. The van der Waals surface area contributed by atoms with Crippen molar-refractivity contribution in [3.05, 3.63) is 234 Å². The normalized spacial score (nSPS) is 14.5. The van der Waals surface area contributed by atoms with Crippen LogP contribution in [0.5, 0.6) is 0 Å². The van der Waals surface area contributed by atoms with Crippen molar-refractivity contribution in [2.45, 2.75) is 12.3 Å². The van der Waals surface area contributed by atoms with Gasteiger partial charge in [-0.2, -0.15) is 0 Å². The van der Waals surface area contributed by atoms with Crippen LogP contribution in [0.15, 0.2) is 201 Å². The van der Waals surface area contributed by atoms with E-state index in [2.05, 4.69) is 212 Å². The van der Waals surface area contributed by atoms with Crippen LogP contribution in [-0.2, 0) is 5.41 Å². The molecule has 9 aromatic rings. The minimum Gasteiger partial charge on any atom is -0.309 e. The first-order valence-electron chi connectivity index (χ1n) is 19.5. The summed E-state index contributed by atoms with van der Waals surface area (Å²) in [6.07, 6.45) is 6.32. The molecule has 1 aliphatic heterocycles. The summed E-state index contributed by atoms with van der Waals surface area (Å²) < 4.78 is 2.41. The van der Waals surface area contributed by atoms with Gasteiger partial charge >= 0.3 is 0 Å². The molecule has 0 bridgehead atoms. The van der Waals surface area contributed by atoms with Crippen molar-refractivity contribution < 1.29 is 0 Å². The molecule has 0 fully saturated rings. The van der Waals surface area contributed by atoms with Crippen molar-refractivity contribution in [2.75, 3.05) is 0 Å². The van der Waals surface area contributed by atoms with E-state index < -0.39 is 5.41 Å². The molecule has 7 aromatic carbocycles. The molecule has 0 saturated carbocycles. The summed E-state index contributed by atoms with van der Waals surface area (Å²) >= 11 is 0. The van der Waals surface area contributed by atoms with Crippen molar-refractivity contribution in [3.63, 3.8) is 0 Å². The lowest BCUT2D eigenvalue weighted by Crippen LogP contribution is -2.35. The maximum Gasteiger partial charge on any atom is 0.160 e. The monoisotopic (exact) mass is 729 g/mol. The van der Waals surface area contributed by atoms with Gasteiger partial charge in [-0.25, -0.2) is 9.97 Å². The fourth-order valence-electron chi connectivity index (χ4n) is 9.00. The van der Waals surface area contributed by atoms with Gasteiger partial charge in [0, 0.05) is 27.6 Å². The lowest BCUT2D eigenvalue weighted by Gasteiger charge is -2.41. The van der Waals surface area contributed by atoms with Crippen LogP contribution in [0.3, 0.4) is 0 Å². The molecule has 270 valence electrons. The van der Waals surface area contributed by atoms with E-state index in [1.54, 1.807) is 0 Å². The van der Waals surface area contributed by atoms with Crippen LogP contribution in [0, 0.1) is 0 Å². The minimum atomic E-state index is -0.609. The molecule has 3 heterocycles. The fraction of sp³-hybridized carbons (Fsp3) is 0.0370. The van der Waals surface area contributed by atoms with Gasteiger partial charge in [-0.05, 0) is 58.5 Å². The average Bonchev–Trinajstić information content (AvgIpc) is 3.61. The Morgan fingerprint density at radius 2 is 1.12 bits per heavy atom. The van der Waals surface area contributed by atoms with Crippen LogP contribution >= 0.6 is 0 Å². The molecule has 2 aromatic heterocycles. The van der Waals surface area contributed by atoms with E-state index in [1.165, 1.54) is 38.7 Å². The zero-order valence-corrected chi connectivity index (χ0v) is 31.7. The second kappa shape index (κ2) is 14.1. The Bertz CT molecular complexity index is 2960. The number of hydrogen-bond donors (Lipinski definition) is 0. The highest BCUT2D eigenvalue weighted by Crippen LogP contribution is 2.54. The lowest BCUT2D eigenvalue weighted by molar-refractivity contribution is 0.724. The molecule has 0 N–H and O–H groups in total. The molecule has 3 heteroatoms. The van der Waals surface area contributed by atoms with Gasteiger partial charge in [0.05, 0.1) is 33.7 Å². The van der Waals surface area contributed by atoms with Crippen LogP contribution in [0.4, 0.5) is 0 Å². The zero-order valence-electron chi connectivity index (χ0n) is 31.7. The van der Waals surface area contributed by atoms with E-state index in [1.807, 2.05) is 12.1 Å². The average molecular weight is 730 g/mol. The van der Waals surface area contributed by atoms with Crippen LogP contribution in [-0.4, -0.2) is 14.5 Å². The highest BCUT2D eigenvalue weighted by Gasteiger charge is 2.45. The summed E-state index contributed by atoms with van der Waals surface area (Å²) in [5.41, 5.74) is 16.0. The molecule has 0 radical (unpaired) electrons.